The molecule has 4 heterocycles. The average Bonchev–Trinajstić information content (AvgIpc) is 3.03. The van der Waals surface area contributed by atoms with E-state index < -0.39 is 5.60 Å². The van der Waals surface area contributed by atoms with E-state index in [1.165, 1.54) is 0 Å². The van der Waals surface area contributed by atoms with Crippen LogP contribution in [0.3, 0.4) is 0 Å². The van der Waals surface area contributed by atoms with E-state index in [4.69, 9.17) is 20.4 Å². The van der Waals surface area contributed by atoms with Gasteiger partial charge in [0.15, 0.2) is 5.65 Å². The van der Waals surface area contributed by atoms with Crippen molar-refractivity contribution in [3.8, 4) is 11.3 Å². The maximum absolute atomic E-state index is 10.2. The predicted molar refractivity (Wildman–Crippen MR) is 100 cm³/mol. The highest BCUT2D eigenvalue weighted by Gasteiger charge is 2.22. The zero-order valence-electron chi connectivity index (χ0n) is 15.3. The molecular formula is C17H22N8O2. The summed E-state index contributed by atoms with van der Waals surface area (Å²) in [6.07, 6.45) is 4.98. The molecule has 0 bridgehead atoms. The fourth-order valence-corrected chi connectivity index (χ4v) is 3.01. The first-order valence-electron chi connectivity index (χ1n) is 8.77. The lowest BCUT2D eigenvalue weighted by Crippen LogP contribution is -2.37. The molecule has 0 unspecified atom stereocenters. The van der Waals surface area contributed by atoms with Crippen LogP contribution in [0.1, 0.15) is 13.8 Å². The lowest BCUT2D eigenvalue weighted by molar-refractivity contribution is 0.0589. The van der Waals surface area contributed by atoms with Gasteiger partial charge < -0.3 is 20.5 Å². The Morgan fingerprint density at radius 2 is 1.85 bits per heavy atom. The summed E-state index contributed by atoms with van der Waals surface area (Å²) in [6.45, 7) is 6.47. The van der Waals surface area contributed by atoms with Crippen LogP contribution in [-0.4, -0.2) is 66.7 Å². The monoisotopic (exact) mass is 370 g/mol. The lowest BCUT2D eigenvalue weighted by Gasteiger charge is -2.27. The van der Waals surface area contributed by atoms with Crippen LogP contribution in [0.2, 0.25) is 0 Å². The van der Waals surface area contributed by atoms with Crippen LogP contribution in [0.15, 0.2) is 18.6 Å². The Bertz CT molecular complexity index is 942. The molecule has 142 valence electrons. The molecular weight excluding hydrogens is 348 g/mol. The van der Waals surface area contributed by atoms with Crippen LogP contribution >= 0.6 is 0 Å². The Labute approximate surface area is 156 Å². The molecule has 3 N–H and O–H groups in total. The number of hydrogen-bond donors (Lipinski definition) is 2. The molecule has 1 aliphatic rings. The van der Waals surface area contributed by atoms with Gasteiger partial charge in [0.25, 0.3) is 0 Å². The van der Waals surface area contributed by atoms with E-state index in [9.17, 15) is 5.11 Å². The third-order valence-corrected chi connectivity index (χ3v) is 4.26. The SMILES string of the molecule is CC(C)(O)Cn1ncc2c(-c3cnc(N)nc3)nc(N3CCOCC3)nc21. The first kappa shape index (κ1) is 17.6. The molecule has 1 saturated heterocycles. The third kappa shape index (κ3) is 3.67. The fraction of sp³-hybridized carbons (Fsp3) is 0.471. The summed E-state index contributed by atoms with van der Waals surface area (Å²) in [7, 11) is 0. The van der Waals surface area contributed by atoms with Gasteiger partial charge in [0, 0.05) is 31.0 Å². The van der Waals surface area contributed by atoms with Crippen LogP contribution in [0.5, 0.6) is 0 Å². The van der Waals surface area contributed by atoms with Crippen molar-refractivity contribution in [2.45, 2.75) is 26.0 Å². The topological polar surface area (TPSA) is 128 Å². The first-order chi connectivity index (χ1) is 12.9. The highest BCUT2D eigenvalue weighted by atomic mass is 16.5. The molecule has 0 aromatic carbocycles. The van der Waals surface area contributed by atoms with E-state index in [1.54, 1.807) is 37.1 Å². The number of anilines is 2. The van der Waals surface area contributed by atoms with E-state index in [-0.39, 0.29) is 5.95 Å². The molecule has 3 aromatic rings. The number of ether oxygens (including phenoxy) is 1. The van der Waals surface area contributed by atoms with E-state index in [2.05, 4.69) is 20.0 Å². The molecule has 27 heavy (non-hydrogen) atoms. The van der Waals surface area contributed by atoms with E-state index in [0.717, 1.165) is 10.9 Å². The lowest BCUT2D eigenvalue weighted by atomic mass is 10.1. The van der Waals surface area contributed by atoms with Crippen LogP contribution in [0.4, 0.5) is 11.9 Å². The van der Waals surface area contributed by atoms with Gasteiger partial charge in [0.05, 0.1) is 42.6 Å². The summed E-state index contributed by atoms with van der Waals surface area (Å²) in [5.41, 5.74) is 6.76. The van der Waals surface area contributed by atoms with Gasteiger partial charge in [-0.25, -0.2) is 19.6 Å². The first-order valence-corrected chi connectivity index (χ1v) is 8.77. The zero-order chi connectivity index (χ0) is 19.0. The molecule has 1 fully saturated rings. The summed E-state index contributed by atoms with van der Waals surface area (Å²) < 4.78 is 7.13. The summed E-state index contributed by atoms with van der Waals surface area (Å²) in [5, 5.41) is 15.4. The number of aliphatic hydroxyl groups is 1. The number of nitrogens with two attached hydrogens (primary N) is 1. The van der Waals surface area contributed by atoms with Crippen molar-refractivity contribution in [2.75, 3.05) is 36.9 Å². The van der Waals surface area contributed by atoms with Crippen molar-refractivity contribution in [3.05, 3.63) is 18.6 Å². The number of morpholine rings is 1. The second kappa shape index (κ2) is 6.71. The summed E-state index contributed by atoms with van der Waals surface area (Å²) in [6, 6.07) is 0. The van der Waals surface area contributed by atoms with E-state index in [1.807, 2.05) is 0 Å². The second-order valence-corrected chi connectivity index (χ2v) is 7.15. The molecule has 10 heteroatoms. The number of hydrogen-bond acceptors (Lipinski definition) is 9. The van der Waals surface area contributed by atoms with Gasteiger partial charge in [-0.2, -0.15) is 10.1 Å². The summed E-state index contributed by atoms with van der Waals surface area (Å²) in [4.78, 5) is 19.7. The molecule has 3 aromatic heterocycles. The molecule has 4 rings (SSSR count). The number of fused-ring (bicyclic) bond motifs is 1. The van der Waals surface area contributed by atoms with E-state index >= 15 is 0 Å². The molecule has 10 nitrogen and oxygen atoms in total. The summed E-state index contributed by atoms with van der Waals surface area (Å²) in [5.74, 6) is 0.797. The van der Waals surface area contributed by atoms with Gasteiger partial charge in [0.2, 0.25) is 11.9 Å². The Morgan fingerprint density at radius 1 is 1.15 bits per heavy atom. The van der Waals surface area contributed by atoms with E-state index in [0.29, 0.717) is 50.1 Å². The molecule has 1 aliphatic heterocycles. The smallest absolute Gasteiger partial charge is 0.228 e. The minimum absolute atomic E-state index is 0.204. The molecule has 0 aliphatic carbocycles. The minimum atomic E-state index is -0.923. The zero-order valence-corrected chi connectivity index (χ0v) is 15.3. The Balaban J connectivity index is 1.87. The maximum atomic E-state index is 10.2. The number of aromatic nitrogens is 6. The molecule has 0 saturated carbocycles. The number of nitrogens with zero attached hydrogens (tertiary/aromatic N) is 7. The minimum Gasteiger partial charge on any atom is -0.389 e. The van der Waals surface area contributed by atoms with Gasteiger partial charge in [-0.15, -0.1) is 0 Å². The average molecular weight is 370 g/mol. The van der Waals surface area contributed by atoms with Gasteiger partial charge in [-0.05, 0) is 13.8 Å². The van der Waals surface area contributed by atoms with Crippen LogP contribution in [0, 0.1) is 0 Å². The van der Waals surface area contributed by atoms with Gasteiger partial charge >= 0.3 is 0 Å². The van der Waals surface area contributed by atoms with Gasteiger partial charge in [0.1, 0.15) is 0 Å². The Morgan fingerprint density at radius 3 is 2.52 bits per heavy atom. The molecule has 0 atom stereocenters. The van der Waals surface area contributed by atoms with Gasteiger partial charge in [-0.3, -0.25) is 0 Å². The Kier molecular flexibility index (Phi) is 4.36. The van der Waals surface area contributed by atoms with Crippen molar-refractivity contribution in [3.63, 3.8) is 0 Å². The van der Waals surface area contributed by atoms with Crippen molar-refractivity contribution in [1.82, 2.24) is 29.7 Å². The van der Waals surface area contributed by atoms with Crippen molar-refractivity contribution < 1.29 is 9.84 Å². The highest BCUT2D eigenvalue weighted by molar-refractivity contribution is 5.90. The standard InChI is InChI=1S/C17H22N8O2/c1-17(2,26)10-25-14-12(9-21-25)13(11-7-19-15(18)20-8-11)22-16(23-14)24-3-5-27-6-4-24/h7-9,26H,3-6,10H2,1-2H3,(H2,18,19,20). The van der Waals surface area contributed by atoms with Gasteiger partial charge in [-0.1, -0.05) is 0 Å². The van der Waals surface area contributed by atoms with Crippen LogP contribution in [-0.2, 0) is 11.3 Å². The van der Waals surface area contributed by atoms with Crippen LogP contribution < -0.4 is 10.6 Å². The summed E-state index contributed by atoms with van der Waals surface area (Å²) >= 11 is 0. The predicted octanol–water partition coefficient (Wildman–Crippen LogP) is 0.473. The fourth-order valence-electron chi connectivity index (χ4n) is 3.01. The molecule has 0 radical (unpaired) electrons. The van der Waals surface area contributed by atoms with Crippen molar-refractivity contribution >= 4 is 22.9 Å². The maximum Gasteiger partial charge on any atom is 0.228 e. The highest BCUT2D eigenvalue weighted by Crippen LogP contribution is 2.28. The normalized spacial score (nSPS) is 15.4. The Hall–Kier alpha value is -2.85. The number of nitrogen functional groups attached to an aromatic ring is 1. The van der Waals surface area contributed by atoms with Crippen molar-refractivity contribution in [1.29, 1.82) is 0 Å². The quantitative estimate of drug-likeness (QED) is 0.673. The van der Waals surface area contributed by atoms with Crippen molar-refractivity contribution in [2.24, 2.45) is 0 Å². The second-order valence-electron chi connectivity index (χ2n) is 7.15. The van der Waals surface area contributed by atoms with Crippen LogP contribution in [0.25, 0.3) is 22.3 Å². The number of rotatable bonds is 4. The molecule has 0 spiro atoms. The third-order valence-electron chi connectivity index (χ3n) is 4.26. The molecule has 0 amide bonds. The largest absolute Gasteiger partial charge is 0.389 e.